The minimum Gasteiger partial charge on any atom is -0.508 e. The molecule has 0 radical (unpaired) electrons. The highest BCUT2D eigenvalue weighted by atomic mass is 16.3. The van der Waals surface area contributed by atoms with Crippen molar-refractivity contribution < 1.29 is 5.11 Å². The molecule has 2 heterocycles. The van der Waals surface area contributed by atoms with Crippen LogP contribution in [0.5, 0.6) is 5.75 Å². The third-order valence-electron chi connectivity index (χ3n) is 3.09. The van der Waals surface area contributed by atoms with E-state index in [2.05, 4.69) is 15.2 Å². The van der Waals surface area contributed by atoms with Crippen molar-refractivity contribution in [3.8, 4) is 16.9 Å². The van der Waals surface area contributed by atoms with Gasteiger partial charge in [0.15, 0.2) is 5.82 Å². The molecule has 0 unspecified atom stereocenters. The third kappa shape index (κ3) is 1.41. The lowest BCUT2D eigenvalue weighted by Gasteiger charge is -2.08. The summed E-state index contributed by atoms with van der Waals surface area (Å²) in [5.41, 5.74) is 9.22. The van der Waals surface area contributed by atoms with Gasteiger partial charge in [0.05, 0.1) is 17.1 Å². The summed E-state index contributed by atoms with van der Waals surface area (Å²) in [6, 6.07) is 5.38. The fourth-order valence-electron chi connectivity index (χ4n) is 2.12. The van der Waals surface area contributed by atoms with Gasteiger partial charge in [-0.2, -0.15) is 5.10 Å². The van der Waals surface area contributed by atoms with Crippen molar-refractivity contribution in [2.24, 2.45) is 0 Å². The molecule has 0 aliphatic carbocycles. The van der Waals surface area contributed by atoms with E-state index in [9.17, 15) is 5.11 Å². The number of anilines is 1. The van der Waals surface area contributed by atoms with Crippen molar-refractivity contribution in [3.63, 3.8) is 0 Å². The first kappa shape index (κ1) is 10.6. The van der Waals surface area contributed by atoms with E-state index in [0.29, 0.717) is 5.82 Å². The first-order chi connectivity index (χ1) is 8.68. The van der Waals surface area contributed by atoms with Gasteiger partial charge in [0, 0.05) is 11.8 Å². The zero-order valence-corrected chi connectivity index (χ0v) is 9.81. The van der Waals surface area contributed by atoms with E-state index in [1.165, 1.54) is 0 Å². The van der Waals surface area contributed by atoms with Crippen molar-refractivity contribution in [3.05, 3.63) is 36.2 Å². The van der Waals surface area contributed by atoms with Crippen molar-refractivity contribution in [2.75, 3.05) is 5.73 Å². The molecule has 5 nitrogen and oxygen atoms in total. The molecule has 0 saturated carbocycles. The molecule has 0 amide bonds. The van der Waals surface area contributed by atoms with E-state index in [4.69, 9.17) is 5.73 Å². The topological polar surface area (TPSA) is 87.8 Å². The Labute approximate surface area is 103 Å². The monoisotopic (exact) mass is 240 g/mol. The lowest BCUT2D eigenvalue weighted by atomic mass is 9.98. The fourth-order valence-corrected chi connectivity index (χ4v) is 2.12. The van der Waals surface area contributed by atoms with E-state index >= 15 is 0 Å². The number of benzene rings is 1. The Morgan fingerprint density at radius 1 is 1.22 bits per heavy atom. The number of phenolic OH excluding ortho intramolecular Hbond substituents is 1. The number of nitrogen functional groups attached to an aromatic ring is 1. The van der Waals surface area contributed by atoms with Crippen LogP contribution in [0.4, 0.5) is 5.82 Å². The molecule has 0 atom stereocenters. The number of nitrogens with two attached hydrogens (primary N) is 1. The summed E-state index contributed by atoms with van der Waals surface area (Å²) in [6.07, 6.45) is 3.41. The van der Waals surface area contributed by atoms with E-state index in [0.717, 1.165) is 27.6 Å². The molecule has 0 aliphatic heterocycles. The maximum absolute atomic E-state index is 9.78. The smallest absolute Gasteiger partial charge is 0.153 e. The summed E-state index contributed by atoms with van der Waals surface area (Å²) in [5.74, 6) is 0.691. The highest BCUT2D eigenvalue weighted by molar-refractivity contribution is 6.01. The predicted molar refractivity (Wildman–Crippen MR) is 70.1 cm³/mol. The standard InChI is InChI=1S/C13H12N4O/c1-7-8(3-2-4-11(7)18)9-5-15-6-10-12(9)13(14)17-16-10/h2-6,18H,1H3,(H3,14,16,17). The number of hydrogen-bond acceptors (Lipinski definition) is 4. The minimum atomic E-state index is 0.256. The average Bonchev–Trinajstić information content (AvgIpc) is 2.75. The molecular weight excluding hydrogens is 228 g/mol. The number of fused-ring (bicyclic) bond motifs is 1. The maximum atomic E-state index is 9.78. The first-order valence-corrected chi connectivity index (χ1v) is 5.55. The van der Waals surface area contributed by atoms with Gasteiger partial charge < -0.3 is 10.8 Å². The molecule has 2 aromatic heterocycles. The molecular formula is C13H12N4O. The number of nitrogens with one attached hydrogen (secondary N) is 1. The molecule has 90 valence electrons. The van der Waals surface area contributed by atoms with Crippen LogP contribution in [0.1, 0.15) is 5.56 Å². The third-order valence-corrected chi connectivity index (χ3v) is 3.09. The van der Waals surface area contributed by atoms with Gasteiger partial charge in [-0.1, -0.05) is 12.1 Å². The summed E-state index contributed by atoms with van der Waals surface area (Å²) >= 11 is 0. The lowest BCUT2D eigenvalue weighted by molar-refractivity contribution is 0.471. The largest absolute Gasteiger partial charge is 0.508 e. The molecule has 0 bridgehead atoms. The van der Waals surface area contributed by atoms with Gasteiger partial charge >= 0.3 is 0 Å². The summed E-state index contributed by atoms with van der Waals surface area (Å²) in [5, 5.41) is 17.4. The van der Waals surface area contributed by atoms with Crippen molar-refractivity contribution >= 4 is 16.7 Å². The molecule has 0 spiro atoms. The van der Waals surface area contributed by atoms with E-state index in [1.54, 1.807) is 24.5 Å². The second-order valence-corrected chi connectivity index (χ2v) is 4.17. The number of H-pyrrole nitrogens is 1. The van der Waals surface area contributed by atoms with Crippen LogP contribution in [0.15, 0.2) is 30.6 Å². The van der Waals surface area contributed by atoms with E-state index in [1.807, 2.05) is 13.0 Å². The lowest BCUT2D eigenvalue weighted by Crippen LogP contribution is -1.90. The van der Waals surface area contributed by atoms with Gasteiger partial charge in [-0.05, 0) is 24.1 Å². The number of pyridine rings is 1. The Balaban J connectivity index is 2.38. The molecule has 18 heavy (non-hydrogen) atoms. The van der Waals surface area contributed by atoms with Crippen LogP contribution < -0.4 is 5.73 Å². The minimum absolute atomic E-state index is 0.256. The molecule has 3 rings (SSSR count). The molecule has 4 N–H and O–H groups in total. The Morgan fingerprint density at radius 3 is 2.89 bits per heavy atom. The SMILES string of the molecule is Cc1c(O)cccc1-c1cncc2[nH]nc(N)c12. The highest BCUT2D eigenvalue weighted by Crippen LogP contribution is 2.34. The van der Waals surface area contributed by atoms with Crippen LogP contribution >= 0.6 is 0 Å². The quantitative estimate of drug-likeness (QED) is 0.608. The first-order valence-electron chi connectivity index (χ1n) is 5.55. The van der Waals surface area contributed by atoms with Crippen molar-refractivity contribution in [1.29, 1.82) is 0 Å². The summed E-state index contributed by atoms with van der Waals surface area (Å²) < 4.78 is 0. The maximum Gasteiger partial charge on any atom is 0.153 e. The van der Waals surface area contributed by atoms with Gasteiger partial charge in [-0.25, -0.2) is 0 Å². The molecule has 0 aliphatic rings. The molecule has 5 heteroatoms. The molecule has 0 fully saturated rings. The van der Waals surface area contributed by atoms with Crippen LogP contribution in [0.25, 0.3) is 22.0 Å². The van der Waals surface area contributed by atoms with Crippen LogP contribution in [0, 0.1) is 6.92 Å². The van der Waals surface area contributed by atoms with Crippen LogP contribution in [0.2, 0.25) is 0 Å². The molecule has 1 aromatic carbocycles. The number of aromatic amines is 1. The van der Waals surface area contributed by atoms with Crippen LogP contribution in [-0.4, -0.2) is 20.3 Å². The van der Waals surface area contributed by atoms with Gasteiger partial charge in [-0.3, -0.25) is 10.1 Å². The van der Waals surface area contributed by atoms with E-state index in [-0.39, 0.29) is 5.75 Å². The Kier molecular flexibility index (Phi) is 2.19. The summed E-state index contributed by atoms with van der Waals surface area (Å²) in [4.78, 5) is 4.16. The predicted octanol–water partition coefficient (Wildman–Crippen LogP) is 2.22. The fraction of sp³-hybridized carbons (Fsp3) is 0.0769. The Bertz CT molecular complexity index is 733. The summed E-state index contributed by atoms with van der Waals surface area (Å²) in [7, 11) is 0. The van der Waals surface area contributed by atoms with Gasteiger partial charge in [0.2, 0.25) is 0 Å². The second kappa shape index (κ2) is 3.73. The number of nitrogens with zero attached hydrogens (tertiary/aromatic N) is 2. The van der Waals surface area contributed by atoms with Gasteiger partial charge in [0.1, 0.15) is 5.75 Å². The number of aromatic nitrogens is 3. The Hall–Kier alpha value is -2.56. The summed E-state index contributed by atoms with van der Waals surface area (Å²) in [6.45, 7) is 1.86. The van der Waals surface area contributed by atoms with Crippen molar-refractivity contribution in [1.82, 2.24) is 15.2 Å². The highest BCUT2D eigenvalue weighted by Gasteiger charge is 2.13. The number of hydrogen-bond donors (Lipinski definition) is 3. The number of phenols is 1. The molecule has 0 saturated heterocycles. The number of aromatic hydroxyl groups is 1. The van der Waals surface area contributed by atoms with Gasteiger partial charge in [-0.15, -0.1) is 0 Å². The zero-order chi connectivity index (χ0) is 12.7. The Morgan fingerprint density at radius 2 is 2.06 bits per heavy atom. The van der Waals surface area contributed by atoms with Gasteiger partial charge in [0.25, 0.3) is 0 Å². The average molecular weight is 240 g/mol. The van der Waals surface area contributed by atoms with E-state index < -0.39 is 0 Å². The second-order valence-electron chi connectivity index (χ2n) is 4.17. The zero-order valence-electron chi connectivity index (χ0n) is 9.81. The van der Waals surface area contributed by atoms with Crippen LogP contribution in [-0.2, 0) is 0 Å². The number of rotatable bonds is 1. The van der Waals surface area contributed by atoms with Crippen LogP contribution in [0.3, 0.4) is 0 Å². The molecule has 3 aromatic rings. The normalized spacial score (nSPS) is 10.9. The van der Waals surface area contributed by atoms with Crippen molar-refractivity contribution in [2.45, 2.75) is 6.92 Å².